The zero-order chi connectivity index (χ0) is 19.9. The molecular weight excluding hydrogens is 400 g/mol. The van der Waals surface area contributed by atoms with Crippen molar-refractivity contribution < 1.29 is 18.0 Å². The Balaban J connectivity index is 1.54. The van der Waals surface area contributed by atoms with Crippen LogP contribution in [0.3, 0.4) is 0 Å². The SMILES string of the molecule is NC(Cc1cccs1)C(=O)N1CCC2C1C(=O)CN2S(=O)(=O)c1cccnc1. The number of Topliss-reactive ketones (excluding diaryl/α,β-unsaturated/α-hetero) is 1. The first-order valence-electron chi connectivity index (χ1n) is 8.92. The lowest BCUT2D eigenvalue weighted by atomic mass is 10.1. The van der Waals surface area contributed by atoms with E-state index in [0.717, 1.165) is 4.88 Å². The molecule has 3 atom stereocenters. The fourth-order valence-electron chi connectivity index (χ4n) is 3.92. The zero-order valence-corrected chi connectivity index (χ0v) is 16.6. The van der Waals surface area contributed by atoms with E-state index in [1.807, 2.05) is 17.5 Å². The molecule has 3 unspecified atom stereocenters. The van der Waals surface area contributed by atoms with Crippen LogP contribution in [0.4, 0.5) is 0 Å². The molecule has 2 saturated heterocycles. The minimum absolute atomic E-state index is 0.0441. The highest BCUT2D eigenvalue weighted by atomic mass is 32.2. The van der Waals surface area contributed by atoms with Gasteiger partial charge in [0.15, 0.2) is 5.78 Å². The number of rotatable bonds is 5. The number of nitrogens with two attached hydrogens (primary N) is 1. The van der Waals surface area contributed by atoms with E-state index in [0.29, 0.717) is 19.4 Å². The first kappa shape index (κ1) is 19.2. The Hall–Kier alpha value is -2.14. The lowest BCUT2D eigenvalue weighted by Gasteiger charge is -2.26. The molecule has 10 heteroatoms. The first-order valence-corrected chi connectivity index (χ1v) is 11.2. The van der Waals surface area contributed by atoms with Crippen LogP contribution in [0.2, 0.25) is 0 Å². The highest BCUT2D eigenvalue weighted by Crippen LogP contribution is 2.34. The topological polar surface area (TPSA) is 114 Å². The lowest BCUT2D eigenvalue weighted by molar-refractivity contribution is -0.137. The summed E-state index contributed by atoms with van der Waals surface area (Å²) in [5.74, 6) is -0.582. The molecule has 2 aliphatic rings. The van der Waals surface area contributed by atoms with Gasteiger partial charge in [0.05, 0.1) is 18.6 Å². The molecule has 148 valence electrons. The van der Waals surface area contributed by atoms with Crippen LogP contribution < -0.4 is 5.73 Å². The van der Waals surface area contributed by atoms with E-state index in [4.69, 9.17) is 5.73 Å². The van der Waals surface area contributed by atoms with Crippen LogP contribution >= 0.6 is 11.3 Å². The predicted molar refractivity (Wildman–Crippen MR) is 103 cm³/mol. The van der Waals surface area contributed by atoms with Gasteiger partial charge in [-0.05, 0) is 30.0 Å². The highest BCUT2D eigenvalue weighted by Gasteiger charge is 2.54. The molecule has 0 bridgehead atoms. The van der Waals surface area contributed by atoms with E-state index in [9.17, 15) is 18.0 Å². The van der Waals surface area contributed by atoms with Gasteiger partial charge in [-0.25, -0.2) is 8.42 Å². The number of fused-ring (bicyclic) bond motifs is 1. The van der Waals surface area contributed by atoms with Crippen molar-refractivity contribution in [1.82, 2.24) is 14.2 Å². The van der Waals surface area contributed by atoms with Crippen LogP contribution in [0.1, 0.15) is 11.3 Å². The number of likely N-dealkylation sites (tertiary alicyclic amines) is 1. The molecule has 8 nitrogen and oxygen atoms in total. The number of amides is 1. The Morgan fingerprint density at radius 2 is 2.18 bits per heavy atom. The first-order chi connectivity index (χ1) is 13.4. The predicted octanol–water partition coefficient (Wildman–Crippen LogP) is 0.256. The molecule has 0 spiro atoms. The molecule has 0 radical (unpaired) electrons. The van der Waals surface area contributed by atoms with Crippen molar-refractivity contribution in [1.29, 1.82) is 0 Å². The van der Waals surface area contributed by atoms with Crippen molar-refractivity contribution in [3.8, 4) is 0 Å². The largest absolute Gasteiger partial charge is 0.330 e. The molecule has 4 rings (SSSR count). The molecule has 1 amide bonds. The second kappa shape index (κ2) is 7.36. The van der Waals surface area contributed by atoms with Crippen molar-refractivity contribution in [2.24, 2.45) is 5.73 Å². The molecular formula is C18H20N4O4S2. The third-order valence-corrected chi connectivity index (χ3v) is 7.97. The van der Waals surface area contributed by atoms with Crippen LogP contribution in [0.25, 0.3) is 0 Å². The Kier molecular flexibility index (Phi) is 5.04. The quantitative estimate of drug-likeness (QED) is 0.742. The van der Waals surface area contributed by atoms with Crippen molar-refractivity contribution in [3.05, 3.63) is 46.9 Å². The Morgan fingerprint density at radius 1 is 1.36 bits per heavy atom. The number of carbonyl (C=O) groups excluding carboxylic acids is 2. The standard InChI is InChI=1S/C18H20N4O4S2/c19-14(9-12-3-2-8-27-12)18(24)21-7-5-15-17(21)16(23)11-22(15)28(25,26)13-4-1-6-20-10-13/h1-4,6,8,10,14-15,17H,5,7,9,11,19H2. The molecule has 4 heterocycles. The number of nitrogens with zero attached hydrogens (tertiary/aromatic N) is 3. The van der Waals surface area contributed by atoms with Gasteiger partial charge in [0.2, 0.25) is 15.9 Å². The molecule has 2 aliphatic heterocycles. The van der Waals surface area contributed by atoms with Gasteiger partial charge in [-0.1, -0.05) is 6.07 Å². The fraction of sp³-hybridized carbons (Fsp3) is 0.389. The third kappa shape index (κ3) is 3.26. The average Bonchev–Trinajstić information content (AvgIpc) is 3.41. The lowest BCUT2D eigenvalue weighted by Crippen LogP contribution is -2.50. The van der Waals surface area contributed by atoms with Gasteiger partial charge in [-0.15, -0.1) is 11.3 Å². The van der Waals surface area contributed by atoms with Gasteiger partial charge in [-0.3, -0.25) is 14.6 Å². The summed E-state index contributed by atoms with van der Waals surface area (Å²) in [7, 11) is -3.85. The monoisotopic (exact) mass is 420 g/mol. The van der Waals surface area contributed by atoms with Crippen molar-refractivity contribution in [2.75, 3.05) is 13.1 Å². The van der Waals surface area contributed by atoms with Crippen LogP contribution in [0.5, 0.6) is 0 Å². The molecule has 2 aromatic heterocycles. The second-order valence-electron chi connectivity index (χ2n) is 6.93. The van der Waals surface area contributed by atoms with E-state index in [-0.39, 0.29) is 23.1 Å². The number of hydrogen-bond acceptors (Lipinski definition) is 7. The Bertz CT molecular complexity index is 978. The Morgan fingerprint density at radius 3 is 2.86 bits per heavy atom. The van der Waals surface area contributed by atoms with Gasteiger partial charge in [0.25, 0.3) is 0 Å². The molecule has 0 saturated carbocycles. The van der Waals surface area contributed by atoms with Gasteiger partial charge >= 0.3 is 0 Å². The summed E-state index contributed by atoms with van der Waals surface area (Å²) in [6, 6.07) is 4.71. The van der Waals surface area contributed by atoms with Crippen molar-refractivity contribution in [3.63, 3.8) is 0 Å². The number of sulfonamides is 1. The molecule has 28 heavy (non-hydrogen) atoms. The summed E-state index contributed by atoms with van der Waals surface area (Å²) < 4.78 is 27.1. The number of aromatic nitrogens is 1. The van der Waals surface area contributed by atoms with Gasteiger partial charge in [0.1, 0.15) is 10.9 Å². The average molecular weight is 421 g/mol. The summed E-state index contributed by atoms with van der Waals surface area (Å²) >= 11 is 1.52. The molecule has 2 aromatic rings. The normalized spacial score (nSPS) is 23.8. The molecule has 0 aromatic carbocycles. The van der Waals surface area contributed by atoms with E-state index in [1.54, 1.807) is 0 Å². The number of thiophene rings is 1. The van der Waals surface area contributed by atoms with Crippen LogP contribution in [-0.2, 0) is 26.0 Å². The summed E-state index contributed by atoms with van der Waals surface area (Å²) in [5.41, 5.74) is 6.09. The molecule has 2 fully saturated rings. The maximum Gasteiger partial charge on any atom is 0.245 e. The molecule has 0 aliphatic carbocycles. The molecule has 2 N–H and O–H groups in total. The number of carbonyl (C=O) groups is 2. The second-order valence-corrected chi connectivity index (χ2v) is 9.85. The van der Waals surface area contributed by atoms with Crippen LogP contribution in [0.15, 0.2) is 46.9 Å². The van der Waals surface area contributed by atoms with E-state index in [2.05, 4.69) is 4.98 Å². The minimum atomic E-state index is -3.85. The van der Waals surface area contributed by atoms with Crippen molar-refractivity contribution >= 4 is 33.1 Å². The van der Waals surface area contributed by atoms with Crippen LogP contribution in [0, 0.1) is 0 Å². The minimum Gasteiger partial charge on any atom is -0.330 e. The summed E-state index contributed by atoms with van der Waals surface area (Å²) in [5, 5.41) is 1.92. The van der Waals surface area contributed by atoms with E-state index < -0.39 is 28.1 Å². The highest BCUT2D eigenvalue weighted by molar-refractivity contribution is 7.89. The van der Waals surface area contributed by atoms with Gasteiger partial charge in [-0.2, -0.15) is 4.31 Å². The third-order valence-electron chi connectivity index (χ3n) is 5.22. The number of ketones is 1. The number of hydrogen-bond donors (Lipinski definition) is 1. The summed E-state index contributed by atoms with van der Waals surface area (Å²) in [6.07, 6.45) is 3.56. The summed E-state index contributed by atoms with van der Waals surface area (Å²) in [6.45, 7) is 0.0770. The van der Waals surface area contributed by atoms with Crippen LogP contribution in [-0.4, -0.2) is 65.5 Å². The zero-order valence-electron chi connectivity index (χ0n) is 15.0. The Labute approximate surface area is 167 Å². The fourth-order valence-corrected chi connectivity index (χ4v) is 6.28. The van der Waals surface area contributed by atoms with E-state index >= 15 is 0 Å². The smallest absolute Gasteiger partial charge is 0.245 e. The summed E-state index contributed by atoms with van der Waals surface area (Å²) in [4.78, 5) is 31.9. The maximum absolute atomic E-state index is 13.0. The van der Waals surface area contributed by atoms with E-state index in [1.165, 1.54) is 45.1 Å². The van der Waals surface area contributed by atoms with Gasteiger partial charge in [0, 0.05) is 30.2 Å². The van der Waals surface area contributed by atoms with Gasteiger partial charge < -0.3 is 10.6 Å². The number of pyridine rings is 1. The maximum atomic E-state index is 13.0. The van der Waals surface area contributed by atoms with Crippen molar-refractivity contribution in [2.45, 2.75) is 35.9 Å².